The Labute approximate surface area is 118 Å². The molecular formula is C16H18ClNO. The van der Waals surface area contributed by atoms with Crippen molar-refractivity contribution in [3.63, 3.8) is 0 Å². The Morgan fingerprint density at radius 1 is 1.26 bits per heavy atom. The van der Waals surface area contributed by atoms with Crippen LogP contribution < -0.4 is 5.32 Å². The second-order valence-corrected chi connectivity index (χ2v) is 6.76. The van der Waals surface area contributed by atoms with Crippen LogP contribution in [0.4, 0.5) is 0 Å². The Bertz CT molecular complexity index is 519. The quantitative estimate of drug-likeness (QED) is 0.915. The van der Waals surface area contributed by atoms with E-state index in [0.29, 0.717) is 23.7 Å². The molecule has 4 rings (SSSR count). The number of hydrogen-bond donors (Lipinski definition) is 1. The van der Waals surface area contributed by atoms with E-state index in [-0.39, 0.29) is 6.04 Å². The SMILES string of the molecule is O=C(C[C@@H]1C[C@H]1c1ccccc1Cl)[C@@H]1C[C@H]2C[C@H]2N1. The molecule has 3 heteroatoms. The summed E-state index contributed by atoms with van der Waals surface area (Å²) in [6.45, 7) is 0. The molecule has 5 atom stereocenters. The van der Waals surface area contributed by atoms with Crippen LogP contribution >= 0.6 is 11.6 Å². The molecule has 0 radical (unpaired) electrons. The number of fused-ring (bicyclic) bond motifs is 1. The molecule has 3 aliphatic rings. The molecule has 19 heavy (non-hydrogen) atoms. The number of ketones is 1. The molecule has 100 valence electrons. The summed E-state index contributed by atoms with van der Waals surface area (Å²) < 4.78 is 0. The van der Waals surface area contributed by atoms with Gasteiger partial charge in [-0.3, -0.25) is 4.79 Å². The Morgan fingerprint density at radius 3 is 2.84 bits per heavy atom. The van der Waals surface area contributed by atoms with Gasteiger partial charge in [-0.25, -0.2) is 0 Å². The number of hydrogen-bond acceptors (Lipinski definition) is 2. The molecule has 1 aromatic carbocycles. The maximum atomic E-state index is 12.2. The Morgan fingerprint density at radius 2 is 2.11 bits per heavy atom. The minimum Gasteiger partial charge on any atom is -0.304 e. The molecule has 0 aromatic heterocycles. The van der Waals surface area contributed by atoms with Crippen LogP contribution in [-0.2, 0) is 4.79 Å². The van der Waals surface area contributed by atoms with E-state index in [1.807, 2.05) is 18.2 Å². The maximum Gasteiger partial charge on any atom is 0.150 e. The van der Waals surface area contributed by atoms with Crippen molar-refractivity contribution in [2.75, 3.05) is 0 Å². The fourth-order valence-electron chi connectivity index (χ4n) is 3.60. The molecule has 1 aromatic rings. The molecule has 0 amide bonds. The van der Waals surface area contributed by atoms with Crippen molar-refractivity contribution in [1.29, 1.82) is 0 Å². The van der Waals surface area contributed by atoms with Gasteiger partial charge in [-0.15, -0.1) is 0 Å². The van der Waals surface area contributed by atoms with Crippen molar-refractivity contribution in [3.05, 3.63) is 34.9 Å². The normalized spacial score (nSPS) is 38.9. The summed E-state index contributed by atoms with van der Waals surface area (Å²) in [4.78, 5) is 12.2. The molecule has 1 saturated heterocycles. The molecule has 1 heterocycles. The number of carbonyl (C=O) groups is 1. The zero-order valence-electron chi connectivity index (χ0n) is 10.8. The third-order valence-corrected chi connectivity index (χ3v) is 5.30. The number of halogens is 1. The number of rotatable bonds is 4. The lowest BCUT2D eigenvalue weighted by Crippen LogP contribution is -2.34. The highest BCUT2D eigenvalue weighted by Gasteiger charge is 2.49. The van der Waals surface area contributed by atoms with Gasteiger partial charge in [0.1, 0.15) is 5.78 Å². The lowest BCUT2D eigenvalue weighted by Gasteiger charge is -2.11. The summed E-state index contributed by atoms with van der Waals surface area (Å²) in [5, 5.41) is 4.30. The second-order valence-electron chi connectivity index (χ2n) is 6.35. The minimum atomic E-state index is 0.149. The molecule has 2 nitrogen and oxygen atoms in total. The van der Waals surface area contributed by atoms with Crippen LogP contribution in [0.2, 0.25) is 5.02 Å². The van der Waals surface area contributed by atoms with Gasteiger partial charge in [0.15, 0.2) is 0 Å². The smallest absolute Gasteiger partial charge is 0.150 e. The molecule has 1 N–H and O–H groups in total. The second kappa shape index (κ2) is 4.32. The van der Waals surface area contributed by atoms with Crippen molar-refractivity contribution in [3.8, 4) is 0 Å². The average Bonchev–Trinajstić information content (AvgIpc) is 3.30. The number of nitrogens with one attached hydrogen (secondary N) is 1. The van der Waals surface area contributed by atoms with Gasteiger partial charge in [0.25, 0.3) is 0 Å². The maximum absolute atomic E-state index is 12.2. The summed E-state index contributed by atoms with van der Waals surface area (Å²) in [7, 11) is 0. The van der Waals surface area contributed by atoms with Gasteiger partial charge < -0.3 is 5.32 Å². The van der Waals surface area contributed by atoms with E-state index in [4.69, 9.17) is 11.6 Å². The monoisotopic (exact) mass is 275 g/mol. The van der Waals surface area contributed by atoms with Crippen molar-refractivity contribution >= 4 is 17.4 Å². The van der Waals surface area contributed by atoms with E-state index in [1.165, 1.54) is 12.0 Å². The zero-order valence-corrected chi connectivity index (χ0v) is 11.6. The fraction of sp³-hybridized carbons (Fsp3) is 0.562. The summed E-state index contributed by atoms with van der Waals surface area (Å²) >= 11 is 6.22. The predicted molar refractivity (Wildman–Crippen MR) is 75.4 cm³/mol. The number of Topliss-reactive ketones (excluding diaryl/α,β-unsaturated/α-hetero) is 1. The highest BCUT2D eigenvalue weighted by atomic mass is 35.5. The van der Waals surface area contributed by atoms with E-state index in [1.54, 1.807) is 0 Å². The van der Waals surface area contributed by atoms with Crippen LogP contribution in [-0.4, -0.2) is 17.9 Å². The summed E-state index contributed by atoms with van der Waals surface area (Å²) in [6, 6.07) is 8.84. The first-order valence-electron chi connectivity index (χ1n) is 7.25. The number of piperidine rings is 1. The van der Waals surface area contributed by atoms with Crippen LogP contribution in [0.3, 0.4) is 0 Å². The molecule has 2 aliphatic carbocycles. The van der Waals surface area contributed by atoms with Gasteiger partial charge in [0.2, 0.25) is 0 Å². The Hall–Kier alpha value is -0.860. The van der Waals surface area contributed by atoms with Crippen LogP contribution in [0.15, 0.2) is 24.3 Å². The average molecular weight is 276 g/mol. The van der Waals surface area contributed by atoms with Crippen molar-refractivity contribution in [2.24, 2.45) is 11.8 Å². The van der Waals surface area contributed by atoms with E-state index in [9.17, 15) is 4.79 Å². The van der Waals surface area contributed by atoms with Crippen LogP contribution in [0.5, 0.6) is 0 Å². The van der Waals surface area contributed by atoms with Crippen molar-refractivity contribution in [2.45, 2.75) is 43.7 Å². The minimum absolute atomic E-state index is 0.149. The third-order valence-electron chi connectivity index (χ3n) is 4.96. The topological polar surface area (TPSA) is 29.1 Å². The number of benzene rings is 1. The van der Waals surface area contributed by atoms with Crippen LogP contribution in [0, 0.1) is 11.8 Å². The largest absolute Gasteiger partial charge is 0.304 e. The van der Waals surface area contributed by atoms with Crippen LogP contribution in [0.25, 0.3) is 0 Å². The van der Waals surface area contributed by atoms with E-state index in [2.05, 4.69) is 11.4 Å². The van der Waals surface area contributed by atoms with Gasteiger partial charge in [-0.2, -0.15) is 0 Å². The first kappa shape index (κ1) is 11.9. The lowest BCUT2D eigenvalue weighted by molar-refractivity contribution is -0.121. The summed E-state index contributed by atoms with van der Waals surface area (Å²) in [6.07, 6.45) is 4.21. The highest BCUT2D eigenvalue weighted by molar-refractivity contribution is 6.31. The standard InChI is InChI=1S/C16H18ClNO/c17-13-4-2-1-3-11(13)12-5-9(12)8-16(19)15-7-10-6-14(10)18-15/h1-4,9-10,12,14-15,18H,5-8H2/t9-,10+,12+,14+,15-/m0/s1. The summed E-state index contributed by atoms with van der Waals surface area (Å²) in [5.74, 6) is 2.25. The molecule has 3 fully saturated rings. The molecule has 0 unspecified atom stereocenters. The lowest BCUT2D eigenvalue weighted by atomic mass is 10.0. The van der Waals surface area contributed by atoms with Gasteiger partial charge in [0, 0.05) is 17.5 Å². The zero-order chi connectivity index (χ0) is 13.0. The fourth-order valence-corrected chi connectivity index (χ4v) is 3.87. The molecular weight excluding hydrogens is 258 g/mol. The molecule has 0 bridgehead atoms. The molecule has 2 saturated carbocycles. The van der Waals surface area contributed by atoms with Gasteiger partial charge in [-0.1, -0.05) is 29.8 Å². The van der Waals surface area contributed by atoms with Gasteiger partial charge >= 0.3 is 0 Å². The Kier molecular flexibility index (Phi) is 2.71. The molecule has 1 aliphatic heterocycles. The first-order chi connectivity index (χ1) is 9.22. The van der Waals surface area contributed by atoms with Crippen molar-refractivity contribution < 1.29 is 4.79 Å². The van der Waals surface area contributed by atoms with E-state index in [0.717, 1.165) is 30.2 Å². The molecule has 0 spiro atoms. The number of carbonyl (C=O) groups excluding carboxylic acids is 1. The Balaban J connectivity index is 1.36. The first-order valence-corrected chi connectivity index (χ1v) is 7.63. The van der Waals surface area contributed by atoms with Gasteiger partial charge in [-0.05, 0) is 48.6 Å². The van der Waals surface area contributed by atoms with Crippen LogP contribution in [0.1, 0.15) is 37.2 Å². The van der Waals surface area contributed by atoms with E-state index < -0.39 is 0 Å². The predicted octanol–water partition coefficient (Wildman–Crippen LogP) is 3.15. The third kappa shape index (κ3) is 2.21. The van der Waals surface area contributed by atoms with Gasteiger partial charge in [0.05, 0.1) is 6.04 Å². The van der Waals surface area contributed by atoms with Crippen molar-refractivity contribution in [1.82, 2.24) is 5.32 Å². The summed E-state index contributed by atoms with van der Waals surface area (Å²) in [5.41, 5.74) is 1.23. The highest BCUT2D eigenvalue weighted by Crippen LogP contribution is 2.52. The van der Waals surface area contributed by atoms with E-state index >= 15 is 0 Å².